The fourth-order valence-electron chi connectivity index (χ4n) is 1.76. The van der Waals surface area contributed by atoms with Gasteiger partial charge in [0.25, 0.3) is 10.0 Å². The Morgan fingerprint density at radius 3 is 2.81 bits per heavy atom. The molecule has 0 amide bonds. The van der Waals surface area contributed by atoms with Gasteiger partial charge in [-0.25, -0.2) is 8.42 Å². The summed E-state index contributed by atoms with van der Waals surface area (Å²) >= 11 is 5.85. The molecule has 1 heterocycles. The van der Waals surface area contributed by atoms with Crippen LogP contribution in [0.2, 0.25) is 5.02 Å². The van der Waals surface area contributed by atoms with Crippen LogP contribution in [0.4, 0.5) is 5.82 Å². The molecule has 1 aromatic carbocycles. The summed E-state index contributed by atoms with van der Waals surface area (Å²) in [6.07, 6.45) is 1.72. The number of nitrogens with one attached hydrogen (secondary N) is 2. The number of anilines is 1. The Morgan fingerprint density at radius 2 is 2.19 bits per heavy atom. The zero-order chi connectivity index (χ0) is 15.5. The molecule has 0 bridgehead atoms. The summed E-state index contributed by atoms with van der Waals surface area (Å²) in [6.45, 7) is 2.02. The number of aryl methyl sites for hydroxylation is 1. The number of hydrogen-bond acceptors (Lipinski definition) is 4. The molecule has 0 saturated heterocycles. The van der Waals surface area contributed by atoms with Crippen molar-refractivity contribution >= 4 is 27.4 Å². The summed E-state index contributed by atoms with van der Waals surface area (Å²) < 4.78 is 26.8. The van der Waals surface area contributed by atoms with Crippen molar-refractivity contribution in [2.45, 2.75) is 24.7 Å². The molecule has 0 saturated carbocycles. The highest BCUT2D eigenvalue weighted by atomic mass is 35.5. The first-order valence-electron chi connectivity index (χ1n) is 6.23. The molecule has 0 atom stereocenters. The van der Waals surface area contributed by atoms with Gasteiger partial charge in [-0.3, -0.25) is 9.82 Å². The van der Waals surface area contributed by atoms with Gasteiger partial charge >= 0.3 is 0 Å². The first-order chi connectivity index (χ1) is 9.96. The molecular weight excluding hydrogens is 312 g/mol. The fourth-order valence-corrected chi connectivity index (χ4v) is 3.07. The molecule has 0 aliphatic carbocycles. The van der Waals surface area contributed by atoms with Crippen LogP contribution in [0.5, 0.6) is 0 Å². The van der Waals surface area contributed by atoms with E-state index in [0.29, 0.717) is 0 Å². The minimum Gasteiger partial charge on any atom is -0.280 e. The van der Waals surface area contributed by atoms with E-state index in [1.807, 2.05) is 13.0 Å². The lowest BCUT2D eigenvalue weighted by Crippen LogP contribution is -2.13. The van der Waals surface area contributed by atoms with Gasteiger partial charge in [0.15, 0.2) is 5.82 Å². The van der Waals surface area contributed by atoms with Crippen LogP contribution < -0.4 is 4.72 Å². The van der Waals surface area contributed by atoms with Crippen LogP contribution >= 0.6 is 11.6 Å². The number of nitrogens with zero attached hydrogens (tertiary/aromatic N) is 2. The van der Waals surface area contributed by atoms with Crippen molar-refractivity contribution in [1.82, 2.24) is 10.2 Å². The molecule has 0 fully saturated rings. The number of rotatable bonds is 5. The maximum atomic E-state index is 12.2. The lowest BCUT2D eigenvalue weighted by atomic mass is 10.2. The number of sulfonamides is 1. The zero-order valence-corrected chi connectivity index (χ0v) is 12.8. The summed E-state index contributed by atoms with van der Waals surface area (Å²) in [4.78, 5) is -0.0217. The Balaban J connectivity index is 2.25. The van der Waals surface area contributed by atoms with Crippen LogP contribution in [0.25, 0.3) is 0 Å². The van der Waals surface area contributed by atoms with Crippen LogP contribution in [-0.4, -0.2) is 18.6 Å². The second kappa shape index (κ2) is 6.16. The van der Waals surface area contributed by atoms with E-state index in [0.717, 1.165) is 18.5 Å². The van der Waals surface area contributed by atoms with E-state index in [9.17, 15) is 8.42 Å². The SMILES string of the molecule is CCCc1cc(NS(=O)(=O)c2ccc(C#N)c(Cl)c2)n[nH]1. The lowest BCUT2D eigenvalue weighted by molar-refractivity contribution is 0.601. The van der Waals surface area contributed by atoms with Gasteiger partial charge in [0.2, 0.25) is 0 Å². The van der Waals surface area contributed by atoms with Gasteiger partial charge in [0.05, 0.1) is 15.5 Å². The Morgan fingerprint density at radius 1 is 1.43 bits per heavy atom. The van der Waals surface area contributed by atoms with E-state index < -0.39 is 10.0 Å². The molecule has 0 radical (unpaired) electrons. The lowest BCUT2D eigenvalue weighted by Gasteiger charge is -2.06. The summed E-state index contributed by atoms with van der Waals surface area (Å²) in [5.41, 5.74) is 1.08. The summed E-state index contributed by atoms with van der Waals surface area (Å²) in [6, 6.07) is 7.45. The smallest absolute Gasteiger partial charge is 0.263 e. The number of aromatic nitrogens is 2. The molecule has 2 aromatic rings. The van der Waals surface area contributed by atoms with Crippen molar-refractivity contribution in [2.24, 2.45) is 0 Å². The summed E-state index contributed by atoms with van der Waals surface area (Å²) in [5.74, 6) is 0.221. The molecule has 110 valence electrons. The van der Waals surface area contributed by atoms with Crippen LogP contribution in [0, 0.1) is 11.3 Å². The molecule has 0 aliphatic heterocycles. The third kappa shape index (κ3) is 3.54. The summed E-state index contributed by atoms with van der Waals surface area (Å²) in [7, 11) is -3.79. The average Bonchev–Trinajstić information content (AvgIpc) is 2.85. The highest BCUT2D eigenvalue weighted by molar-refractivity contribution is 7.92. The Bertz CT molecular complexity index is 793. The van der Waals surface area contributed by atoms with Crippen molar-refractivity contribution in [3.63, 3.8) is 0 Å². The number of hydrogen-bond donors (Lipinski definition) is 2. The van der Waals surface area contributed by atoms with Gasteiger partial charge in [0.1, 0.15) is 6.07 Å². The predicted molar refractivity (Wildman–Crippen MR) is 79.6 cm³/mol. The monoisotopic (exact) mass is 324 g/mol. The van der Waals surface area contributed by atoms with Gasteiger partial charge in [-0.2, -0.15) is 10.4 Å². The van der Waals surface area contributed by atoms with Crippen LogP contribution in [-0.2, 0) is 16.4 Å². The van der Waals surface area contributed by atoms with Crippen LogP contribution in [0.3, 0.4) is 0 Å². The maximum absolute atomic E-state index is 12.2. The second-order valence-electron chi connectivity index (χ2n) is 4.39. The van der Waals surface area contributed by atoms with Crippen LogP contribution in [0.15, 0.2) is 29.2 Å². The zero-order valence-electron chi connectivity index (χ0n) is 11.2. The molecular formula is C13H13ClN4O2S. The first kappa shape index (κ1) is 15.4. The first-order valence-corrected chi connectivity index (χ1v) is 8.09. The number of halogens is 1. The molecule has 0 aliphatic rings. The topological polar surface area (TPSA) is 98.6 Å². The van der Waals surface area contributed by atoms with E-state index in [-0.39, 0.29) is 21.3 Å². The molecule has 0 spiro atoms. The minimum atomic E-state index is -3.79. The standard InChI is InChI=1S/C13H13ClN4O2S/c1-2-3-10-6-13(17-16-10)18-21(19,20)11-5-4-9(8-15)12(14)7-11/h4-7H,2-3H2,1H3,(H2,16,17,18). The average molecular weight is 325 g/mol. The van der Waals surface area contributed by atoms with Gasteiger partial charge in [0, 0.05) is 11.8 Å². The summed E-state index contributed by atoms with van der Waals surface area (Å²) in [5, 5.41) is 15.5. The van der Waals surface area contributed by atoms with Crippen molar-refractivity contribution in [3.05, 3.63) is 40.5 Å². The third-order valence-electron chi connectivity index (χ3n) is 2.76. The molecule has 1 aromatic heterocycles. The Hall–Kier alpha value is -2.04. The Kier molecular flexibility index (Phi) is 4.50. The van der Waals surface area contributed by atoms with Gasteiger partial charge in [-0.1, -0.05) is 24.9 Å². The van der Waals surface area contributed by atoms with E-state index in [1.54, 1.807) is 6.07 Å². The highest BCUT2D eigenvalue weighted by Crippen LogP contribution is 2.22. The van der Waals surface area contributed by atoms with Gasteiger partial charge in [-0.15, -0.1) is 0 Å². The number of H-pyrrole nitrogens is 1. The normalized spacial score (nSPS) is 11.1. The molecule has 0 unspecified atom stereocenters. The number of benzene rings is 1. The molecule has 21 heavy (non-hydrogen) atoms. The molecule has 2 N–H and O–H groups in total. The van der Waals surface area contributed by atoms with Crippen molar-refractivity contribution in [2.75, 3.05) is 4.72 Å². The van der Waals surface area contributed by atoms with Crippen molar-refractivity contribution < 1.29 is 8.42 Å². The van der Waals surface area contributed by atoms with E-state index in [4.69, 9.17) is 16.9 Å². The van der Waals surface area contributed by atoms with E-state index >= 15 is 0 Å². The fraction of sp³-hybridized carbons (Fsp3) is 0.231. The quantitative estimate of drug-likeness (QED) is 0.883. The Labute approximate surface area is 127 Å². The molecule has 6 nitrogen and oxygen atoms in total. The highest BCUT2D eigenvalue weighted by Gasteiger charge is 2.17. The van der Waals surface area contributed by atoms with Gasteiger partial charge < -0.3 is 0 Å². The number of aromatic amines is 1. The van der Waals surface area contributed by atoms with E-state index in [2.05, 4.69) is 14.9 Å². The van der Waals surface area contributed by atoms with Gasteiger partial charge in [-0.05, 0) is 24.6 Å². The molecule has 2 rings (SSSR count). The molecule has 8 heteroatoms. The van der Waals surface area contributed by atoms with Crippen LogP contribution in [0.1, 0.15) is 24.6 Å². The van der Waals surface area contributed by atoms with Crippen molar-refractivity contribution in [3.8, 4) is 6.07 Å². The number of nitriles is 1. The maximum Gasteiger partial charge on any atom is 0.263 e. The van der Waals surface area contributed by atoms with E-state index in [1.165, 1.54) is 18.2 Å². The van der Waals surface area contributed by atoms with Crippen molar-refractivity contribution in [1.29, 1.82) is 5.26 Å². The second-order valence-corrected chi connectivity index (χ2v) is 6.48. The third-order valence-corrected chi connectivity index (χ3v) is 4.43. The minimum absolute atomic E-state index is 0.0217. The largest absolute Gasteiger partial charge is 0.280 e. The predicted octanol–water partition coefficient (Wildman–Crippen LogP) is 2.69.